The molecule has 0 aliphatic heterocycles. The van der Waals surface area contributed by atoms with Crippen LogP contribution in [0.3, 0.4) is 0 Å². The number of benzene rings is 2. The van der Waals surface area contributed by atoms with Gasteiger partial charge in [0.1, 0.15) is 17.1 Å². The molecule has 0 saturated heterocycles. The van der Waals surface area contributed by atoms with Gasteiger partial charge in [-0.3, -0.25) is 0 Å². The monoisotopic (exact) mass is 370 g/mol. The lowest BCUT2D eigenvalue weighted by Gasteiger charge is -2.10. The lowest BCUT2D eigenvalue weighted by atomic mass is 10.2. The molecule has 92 valence electrons. The van der Waals surface area contributed by atoms with E-state index in [1.54, 1.807) is 18.2 Å². The first-order chi connectivity index (χ1) is 8.58. The van der Waals surface area contributed by atoms with Crippen LogP contribution >= 0.6 is 31.9 Å². The van der Waals surface area contributed by atoms with Gasteiger partial charge in [-0.05, 0) is 46.3 Å². The summed E-state index contributed by atoms with van der Waals surface area (Å²) in [4.78, 5) is 11.1. The van der Waals surface area contributed by atoms with Crippen LogP contribution in [0.1, 0.15) is 10.4 Å². The molecule has 3 nitrogen and oxygen atoms in total. The van der Waals surface area contributed by atoms with Gasteiger partial charge in [-0.15, -0.1) is 0 Å². The molecule has 1 N–H and O–H groups in total. The van der Waals surface area contributed by atoms with Crippen molar-refractivity contribution in [2.75, 3.05) is 0 Å². The number of carboxylic acid groups (broad SMARTS) is 1. The number of halogens is 2. The Morgan fingerprint density at radius 2 is 1.78 bits per heavy atom. The summed E-state index contributed by atoms with van der Waals surface area (Å²) in [5.74, 6) is -0.161. The number of hydrogen-bond donors (Lipinski definition) is 1. The van der Waals surface area contributed by atoms with Crippen LogP contribution in [0.15, 0.2) is 51.4 Å². The fourth-order valence-electron chi connectivity index (χ4n) is 1.40. The summed E-state index contributed by atoms with van der Waals surface area (Å²) in [5, 5.41) is 9.10. The van der Waals surface area contributed by atoms with E-state index >= 15 is 0 Å². The molecule has 18 heavy (non-hydrogen) atoms. The first kappa shape index (κ1) is 13.1. The zero-order valence-corrected chi connectivity index (χ0v) is 12.2. The second-order valence-corrected chi connectivity index (χ2v) is 5.25. The number of hydrogen-bond acceptors (Lipinski definition) is 2. The molecule has 0 heterocycles. The fraction of sp³-hybridized carbons (Fsp3) is 0. The third-order valence-corrected chi connectivity index (χ3v) is 3.38. The Kier molecular flexibility index (Phi) is 4.04. The second kappa shape index (κ2) is 5.54. The van der Waals surface area contributed by atoms with Crippen molar-refractivity contribution in [2.24, 2.45) is 0 Å². The Hall–Kier alpha value is -1.33. The summed E-state index contributed by atoms with van der Waals surface area (Å²) in [6.45, 7) is 0. The number of para-hydroxylation sites is 1. The van der Waals surface area contributed by atoms with E-state index in [4.69, 9.17) is 9.84 Å². The Labute approximate surface area is 121 Å². The molecule has 0 saturated carbocycles. The van der Waals surface area contributed by atoms with Gasteiger partial charge >= 0.3 is 5.97 Å². The minimum atomic E-state index is -1.02. The molecule has 0 bridgehead atoms. The molecule has 2 aromatic rings. The van der Waals surface area contributed by atoms with Crippen molar-refractivity contribution in [3.05, 3.63) is 57.0 Å². The smallest absolute Gasteiger partial charge is 0.339 e. The van der Waals surface area contributed by atoms with Crippen LogP contribution in [0, 0.1) is 0 Å². The van der Waals surface area contributed by atoms with Gasteiger partial charge < -0.3 is 9.84 Å². The summed E-state index contributed by atoms with van der Waals surface area (Å²) >= 11 is 6.64. The molecule has 0 amide bonds. The molecule has 0 radical (unpaired) electrons. The number of aromatic carboxylic acids is 1. The summed E-state index contributed by atoms with van der Waals surface area (Å²) in [5.41, 5.74) is 0.119. The quantitative estimate of drug-likeness (QED) is 0.850. The number of carbonyl (C=O) groups is 1. The van der Waals surface area contributed by atoms with Gasteiger partial charge in [0.25, 0.3) is 0 Å². The Balaban J connectivity index is 2.42. The molecular formula is C13H8Br2O3. The van der Waals surface area contributed by atoms with E-state index in [9.17, 15) is 4.79 Å². The van der Waals surface area contributed by atoms with Crippen LogP contribution in [-0.4, -0.2) is 11.1 Å². The van der Waals surface area contributed by atoms with E-state index < -0.39 is 5.97 Å². The SMILES string of the molecule is O=C(O)c1ccc(Br)cc1Oc1ccccc1Br. The summed E-state index contributed by atoms with van der Waals surface area (Å²) in [7, 11) is 0. The van der Waals surface area contributed by atoms with Gasteiger partial charge in [0.15, 0.2) is 0 Å². The maximum Gasteiger partial charge on any atom is 0.339 e. The van der Waals surface area contributed by atoms with Gasteiger partial charge in [0.05, 0.1) is 4.47 Å². The highest BCUT2D eigenvalue weighted by Gasteiger charge is 2.13. The van der Waals surface area contributed by atoms with E-state index in [1.807, 2.05) is 18.2 Å². The molecule has 0 atom stereocenters. The van der Waals surface area contributed by atoms with Gasteiger partial charge in [-0.2, -0.15) is 0 Å². The van der Waals surface area contributed by atoms with Crippen LogP contribution < -0.4 is 4.74 Å². The molecule has 2 rings (SSSR count). The van der Waals surface area contributed by atoms with Crippen molar-refractivity contribution >= 4 is 37.8 Å². The van der Waals surface area contributed by atoms with E-state index in [0.29, 0.717) is 11.5 Å². The predicted octanol–water partition coefficient (Wildman–Crippen LogP) is 4.70. The maximum atomic E-state index is 11.1. The van der Waals surface area contributed by atoms with Crippen molar-refractivity contribution in [1.82, 2.24) is 0 Å². The van der Waals surface area contributed by atoms with Crippen LogP contribution in [-0.2, 0) is 0 Å². The first-order valence-corrected chi connectivity index (χ1v) is 6.62. The number of rotatable bonds is 3. The highest BCUT2D eigenvalue weighted by molar-refractivity contribution is 9.10. The topological polar surface area (TPSA) is 46.5 Å². The third kappa shape index (κ3) is 2.91. The van der Waals surface area contributed by atoms with Crippen molar-refractivity contribution in [3.8, 4) is 11.5 Å². The van der Waals surface area contributed by atoms with Crippen LogP contribution in [0.2, 0.25) is 0 Å². The van der Waals surface area contributed by atoms with Crippen molar-refractivity contribution in [2.45, 2.75) is 0 Å². The summed E-state index contributed by atoms with van der Waals surface area (Å²) < 4.78 is 7.15. The molecule has 0 aliphatic rings. The van der Waals surface area contributed by atoms with Gasteiger partial charge in [-0.25, -0.2) is 4.79 Å². The zero-order chi connectivity index (χ0) is 13.1. The molecule has 0 aliphatic carbocycles. The molecule has 0 unspecified atom stereocenters. The van der Waals surface area contributed by atoms with Crippen LogP contribution in [0.4, 0.5) is 0 Å². The van der Waals surface area contributed by atoms with Gasteiger partial charge in [0.2, 0.25) is 0 Å². The third-order valence-electron chi connectivity index (χ3n) is 2.23. The Morgan fingerprint density at radius 3 is 2.44 bits per heavy atom. The lowest BCUT2D eigenvalue weighted by molar-refractivity contribution is 0.0694. The maximum absolute atomic E-state index is 11.1. The van der Waals surface area contributed by atoms with Crippen LogP contribution in [0.5, 0.6) is 11.5 Å². The van der Waals surface area contributed by atoms with Crippen molar-refractivity contribution < 1.29 is 14.6 Å². The number of ether oxygens (including phenoxy) is 1. The van der Waals surface area contributed by atoms with Crippen molar-refractivity contribution in [3.63, 3.8) is 0 Å². The molecule has 5 heteroatoms. The molecule has 0 aromatic heterocycles. The normalized spacial score (nSPS) is 10.1. The second-order valence-electron chi connectivity index (χ2n) is 3.48. The molecule has 0 fully saturated rings. The van der Waals surface area contributed by atoms with E-state index in [-0.39, 0.29) is 5.56 Å². The van der Waals surface area contributed by atoms with E-state index in [0.717, 1.165) is 8.95 Å². The van der Waals surface area contributed by atoms with E-state index in [1.165, 1.54) is 6.07 Å². The standard InChI is InChI=1S/C13H8Br2O3/c14-8-5-6-9(13(16)17)12(7-8)18-11-4-2-1-3-10(11)15/h1-7H,(H,16,17). The summed E-state index contributed by atoms with van der Waals surface area (Å²) in [6, 6.07) is 12.1. The molecule has 0 spiro atoms. The van der Waals surface area contributed by atoms with Gasteiger partial charge in [-0.1, -0.05) is 28.1 Å². The average Bonchev–Trinajstić information content (AvgIpc) is 2.32. The Bertz CT molecular complexity index is 597. The number of carboxylic acids is 1. The molecule has 2 aromatic carbocycles. The lowest BCUT2D eigenvalue weighted by Crippen LogP contribution is -2.00. The van der Waals surface area contributed by atoms with Crippen molar-refractivity contribution in [1.29, 1.82) is 0 Å². The first-order valence-electron chi connectivity index (χ1n) is 5.03. The molecular weight excluding hydrogens is 364 g/mol. The summed E-state index contributed by atoms with van der Waals surface area (Å²) in [6.07, 6.45) is 0. The fourth-order valence-corrected chi connectivity index (χ4v) is 2.11. The zero-order valence-electron chi connectivity index (χ0n) is 9.06. The highest BCUT2D eigenvalue weighted by Crippen LogP contribution is 2.32. The Morgan fingerprint density at radius 1 is 1.06 bits per heavy atom. The van der Waals surface area contributed by atoms with Gasteiger partial charge in [0, 0.05) is 4.47 Å². The minimum absolute atomic E-state index is 0.119. The van der Waals surface area contributed by atoms with Crippen LogP contribution in [0.25, 0.3) is 0 Å². The highest BCUT2D eigenvalue weighted by atomic mass is 79.9. The minimum Gasteiger partial charge on any atom is -0.478 e. The predicted molar refractivity (Wildman–Crippen MR) is 75.3 cm³/mol. The largest absolute Gasteiger partial charge is 0.478 e. The van der Waals surface area contributed by atoms with E-state index in [2.05, 4.69) is 31.9 Å². The average molecular weight is 372 g/mol.